The molecule has 0 radical (unpaired) electrons. The first-order valence-corrected chi connectivity index (χ1v) is 6.39. The lowest BCUT2D eigenvalue weighted by Gasteiger charge is -2.11. The van der Waals surface area contributed by atoms with E-state index in [2.05, 4.69) is 4.74 Å². The molecule has 0 saturated heterocycles. The smallest absolute Gasteiger partial charge is 0.382 e. The maximum Gasteiger partial charge on any atom is 0.382 e. The third-order valence-electron chi connectivity index (χ3n) is 3.16. The highest BCUT2D eigenvalue weighted by Gasteiger charge is 2.26. The standard InChI is InChI=1S/C13H20O4/c1-2-17-13(16)12(15)11(14)9-10-7-5-3-4-6-8-10/h10H,2-9H2,1H3. The summed E-state index contributed by atoms with van der Waals surface area (Å²) in [6.07, 6.45) is 6.82. The molecule has 17 heavy (non-hydrogen) atoms. The Morgan fingerprint density at radius 2 is 1.65 bits per heavy atom. The number of carbonyl (C=O) groups is 3. The first-order chi connectivity index (χ1) is 8.15. The minimum absolute atomic E-state index is 0.126. The molecule has 0 aromatic carbocycles. The van der Waals surface area contributed by atoms with Gasteiger partial charge in [0.2, 0.25) is 5.78 Å². The fourth-order valence-corrected chi connectivity index (χ4v) is 2.23. The first-order valence-electron chi connectivity index (χ1n) is 6.39. The Labute approximate surface area is 102 Å². The van der Waals surface area contributed by atoms with Crippen LogP contribution in [-0.2, 0) is 19.1 Å². The average molecular weight is 240 g/mol. The van der Waals surface area contributed by atoms with Crippen LogP contribution in [0, 0.1) is 5.92 Å². The SMILES string of the molecule is CCOC(=O)C(=O)C(=O)CC1CCCCCC1. The van der Waals surface area contributed by atoms with Gasteiger partial charge in [-0.1, -0.05) is 38.5 Å². The quantitative estimate of drug-likeness (QED) is 0.319. The molecule has 1 aliphatic carbocycles. The number of carbonyl (C=O) groups excluding carboxylic acids is 3. The second-order valence-corrected chi connectivity index (χ2v) is 4.53. The van der Waals surface area contributed by atoms with Crippen LogP contribution in [0.1, 0.15) is 51.9 Å². The predicted octanol–water partition coefficient (Wildman–Crippen LogP) is 2.05. The molecular weight excluding hydrogens is 220 g/mol. The van der Waals surface area contributed by atoms with Gasteiger partial charge in [-0.25, -0.2) is 4.79 Å². The zero-order valence-corrected chi connectivity index (χ0v) is 10.4. The zero-order valence-electron chi connectivity index (χ0n) is 10.4. The van der Waals surface area contributed by atoms with E-state index in [-0.39, 0.29) is 18.9 Å². The maximum absolute atomic E-state index is 11.6. The molecule has 96 valence electrons. The molecule has 0 amide bonds. The molecule has 0 bridgehead atoms. The summed E-state index contributed by atoms with van der Waals surface area (Å²) >= 11 is 0. The highest BCUT2D eigenvalue weighted by Crippen LogP contribution is 2.25. The van der Waals surface area contributed by atoms with Crippen molar-refractivity contribution in [2.45, 2.75) is 51.9 Å². The summed E-state index contributed by atoms with van der Waals surface area (Å²) in [5, 5.41) is 0. The van der Waals surface area contributed by atoms with Gasteiger partial charge in [0, 0.05) is 6.42 Å². The third kappa shape index (κ3) is 4.67. The van der Waals surface area contributed by atoms with Crippen LogP contribution in [0.2, 0.25) is 0 Å². The van der Waals surface area contributed by atoms with Gasteiger partial charge in [-0.2, -0.15) is 0 Å². The fourth-order valence-electron chi connectivity index (χ4n) is 2.23. The van der Waals surface area contributed by atoms with Crippen LogP contribution in [0.4, 0.5) is 0 Å². The van der Waals surface area contributed by atoms with Crippen molar-refractivity contribution in [3.8, 4) is 0 Å². The number of hydrogen-bond donors (Lipinski definition) is 0. The Morgan fingerprint density at radius 1 is 1.06 bits per heavy atom. The van der Waals surface area contributed by atoms with Gasteiger partial charge < -0.3 is 4.74 Å². The van der Waals surface area contributed by atoms with E-state index >= 15 is 0 Å². The van der Waals surface area contributed by atoms with Crippen LogP contribution in [0.25, 0.3) is 0 Å². The van der Waals surface area contributed by atoms with Crippen LogP contribution >= 0.6 is 0 Å². The molecule has 1 fully saturated rings. The summed E-state index contributed by atoms with van der Waals surface area (Å²) in [7, 11) is 0. The van der Waals surface area contributed by atoms with Gasteiger partial charge in [0.25, 0.3) is 0 Å². The predicted molar refractivity (Wildman–Crippen MR) is 62.5 cm³/mol. The molecule has 0 spiro atoms. The Hall–Kier alpha value is -1.19. The number of Topliss-reactive ketones (excluding diaryl/α,β-unsaturated/α-hetero) is 2. The number of ketones is 2. The van der Waals surface area contributed by atoms with Crippen LogP contribution in [0.3, 0.4) is 0 Å². The molecule has 1 rings (SSSR count). The largest absolute Gasteiger partial charge is 0.460 e. The Kier molecular flexibility index (Phi) is 5.87. The number of hydrogen-bond acceptors (Lipinski definition) is 4. The summed E-state index contributed by atoms with van der Waals surface area (Å²) in [5.41, 5.74) is 0. The molecule has 0 N–H and O–H groups in total. The van der Waals surface area contributed by atoms with Crippen molar-refractivity contribution in [2.24, 2.45) is 5.92 Å². The van der Waals surface area contributed by atoms with Gasteiger partial charge in [0.1, 0.15) is 0 Å². The van der Waals surface area contributed by atoms with Crippen molar-refractivity contribution in [3.05, 3.63) is 0 Å². The van der Waals surface area contributed by atoms with E-state index in [1.54, 1.807) is 6.92 Å². The van der Waals surface area contributed by atoms with E-state index in [1.807, 2.05) is 0 Å². The topological polar surface area (TPSA) is 60.4 Å². The fraction of sp³-hybridized carbons (Fsp3) is 0.769. The summed E-state index contributed by atoms with van der Waals surface area (Å²) in [6, 6.07) is 0. The molecule has 0 unspecified atom stereocenters. The van der Waals surface area contributed by atoms with Crippen LogP contribution in [0.5, 0.6) is 0 Å². The first kappa shape index (κ1) is 13.9. The molecule has 4 heteroatoms. The zero-order chi connectivity index (χ0) is 12.7. The summed E-state index contributed by atoms with van der Waals surface area (Å²) < 4.78 is 4.53. The summed E-state index contributed by atoms with van der Waals surface area (Å²) in [4.78, 5) is 34.1. The van der Waals surface area contributed by atoms with Crippen molar-refractivity contribution in [1.29, 1.82) is 0 Å². The van der Waals surface area contributed by atoms with Crippen LogP contribution in [-0.4, -0.2) is 24.1 Å². The second kappa shape index (κ2) is 7.20. The lowest BCUT2D eigenvalue weighted by molar-refractivity contribution is -0.156. The average Bonchev–Trinajstić information content (AvgIpc) is 2.57. The third-order valence-corrected chi connectivity index (χ3v) is 3.16. The molecule has 4 nitrogen and oxygen atoms in total. The highest BCUT2D eigenvalue weighted by atomic mass is 16.5. The van der Waals surface area contributed by atoms with Crippen LogP contribution < -0.4 is 0 Å². The van der Waals surface area contributed by atoms with Crippen molar-refractivity contribution < 1.29 is 19.1 Å². The Bertz CT molecular complexity index is 288. The van der Waals surface area contributed by atoms with Gasteiger partial charge >= 0.3 is 11.8 Å². The summed E-state index contributed by atoms with van der Waals surface area (Å²) in [6.45, 7) is 1.74. The van der Waals surface area contributed by atoms with E-state index in [0.29, 0.717) is 0 Å². The minimum atomic E-state index is -1.01. The molecule has 0 heterocycles. The van der Waals surface area contributed by atoms with E-state index in [0.717, 1.165) is 25.7 Å². The monoisotopic (exact) mass is 240 g/mol. The van der Waals surface area contributed by atoms with Crippen molar-refractivity contribution in [2.75, 3.05) is 6.61 Å². The van der Waals surface area contributed by atoms with Gasteiger partial charge in [0.05, 0.1) is 6.61 Å². The molecule has 1 saturated carbocycles. The lowest BCUT2D eigenvalue weighted by Crippen LogP contribution is -2.27. The molecule has 0 aromatic heterocycles. The molecule has 1 aliphatic rings. The molecule has 0 atom stereocenters. The number of esters is 1. The van der Waals surface area contributed by atoms with E-state index in [4.69, 9.17) is 0 Å². The van der Waals surface area contributed by atoms with Crippen molar-refractivity contribution in [3.63, 3.8) is 0 Å². The van der Waals surface area contributed by atoms with Gasteiger partial charge in [-0.05, 0) is 12.8 Å². The summed E-state index contributed by atoms with van der Waals surface area (Å²) in [5.74, 6) is -2.32. The Balaban J connectivity index is 2.41. The van der Waals surface area contributed by atoms with Gasteiger partial charge in [-0.15, -0.1) is 0 Å². The normalized spacial score (nSPS) is 17.2. The van der Waals surface area contributed by atoms with E-state index < -0.39 is 17.5 Å². The van der Waals surface area contributed by atoms with Crippen molar-refractivity contribution >= 4 is 17.5 Å². The highest BCUT2D eigenvalue weighted by molar-refractivity contribution is 6.62. The van der Waals surface area contributed by atoms with Gasteiger partial charge in [0.15, 0.2) is 0 Å². The second-order valence-electron chi connectivity index (χ2n) is 4.53. The number of ether oxygens (including phenoxy) is 1. The van der Waals surface area contributed by atoms with Crippen LogP contribution in [0.15, 0.2) is 0 Å². The molecule has 0 aliphatic heterocycles. The molecule has 0 aromatic rings. The van der Waals surface area contributed by atoms with E-state index in [9.17, 15) is 14.4 Å². The van der Waals surface area contributed by atoms with E-state index in [1.165, 1.54) is 12.8 Å². The van der Waals surface area contributed by atoms with Gasteiger partial charge in [-0.3, -0.25) is 9.59 Å². The number of rotatable bonds is 5. The lowest BCUT2D eigenvalue weighted by atomic mass is 9.93. The van der Waals surface area contributed by atoms with Crippen molar-refractivity contribution in [1.82, 2.24) is 0 Å². The Morgan fingerprint density at radius 3 is 2.18 bits per heavy atom. The maximum atomic E-state index is 11.6. The molecular formula is C13H20O4. The minimum Gasteiger partial charge on any atom is -0.460 e.